The van der Waals surface area contributed by atoms with E-state index in [4.69, 9.17) is 15.6 Å². The lowest BCUT2D eigenvalue weighted by molar-refractivity contribution is 0.0965. The number of benzene rings is 1. The van der Waals surface area contributed by atoms with Gasteiger partial charge in [0.2, 0.25) is 0 Å². The zero-order valence-electron chi connectivity index (χ0n) is 10.1. The van der Waals surface area contributed by atoms with Crippen LogP contribution in [-0.4, -0.2) is 38.0 Å². The Labute approximate surface area is 102 Å². The molecule has 4 nitrogen and oxygen atoms in total. The molecule has 0 fully saturated rings. The summed E-state index contributed by atoms with van der Waals surface area (Å²) in [6, 6.07) is 6.12. The van der Waals surface area contributed by atoms with Crippen molar-refractivity contribution in [1.29, 1.82) is 0 Å². The number of ether oxygens (including phenoxy) is 1. The normalized spacial score (nSPS) is 14.8. The minimum Gasteiger partial charge on any atom is -0.399 e. The van der Waals surface area contributed by atoms with E-state index >= 15 is 0 Å². The summed E-state index contributed by atoms with van der Waals surface area (Å²) in [5.41, 5.74) is 9.25. The molecule has 1 aliphatic rings. The first-order valence-electron chi connectivity index (χ1n) is 6.13. The lowest BCUT2D eigenvalue weighted by Gasteiger charge is -2.31. The van der Waals surface area contributed by atoms with Gasteiger partial charge in [-0.05, 0) is 30.5 Å². The summed E-state index contributed by atoms with van der Waals surface area (Å²) >= 11 is 0. The lowest BCUT2D eigenvalue weighted by Crippen LogP contribution is -2.32. The fraction of sp³-hybridized carbons (Fsp3) is 0.538. The predicted molar refractivity (Wildman–Crippen MR) is 69.3 cm³/mol. The standard InChI is InChI=1S/C13H20N2O2/c14-12-4-3-11-2-1-5-15(13(11)10-12)6-8-17-9-7-16/h3-4,10,16H,1-2,5-9,14H2. The summed E-state index contributed by atoms with van der Waals surface area (Å²) in [5, 5.41) is 8.64. The number of anilines is 2. The van der Waals surface area contributed by atoms with Crippen molar-refractivity contribution in [3.05, 3.63) is 23.8 Å². The van der Waals surface area contributed by atoms with Crippen molar-refractivity contribution < 1.29 is 9.84 Å². The van der Waals surface area contributed by atoms with Gasteiger partial charge in [0.25, 0.3) is 0 Å². The number of aryl methyl sites for hydroxylation is 1. The Morgan fingerprint density at radius 2 is 2.24 bits per heavy atom. The fourth-order valence-electron chi connectivity index (χ4n) is 2.24. The quantitative estimate of drug-likeness (QED) is 0.592. The molecule has 2 rings (SSSR count). The Kier molecular flexibility index (Phi) is 4.23. The largest absolute Gasteiger partial charge is 0.399 e. The van der Waals surface area contributed by atoms with E-state index in [0.29, 0.717) is 13.2 Å². The molecule has 0 saturated heterocycles. The van der Waals surface area contributed by atoms with E-state index in [1.54, 1.807) is 0 Å². The van der Waals surface area contributed by atoms with Crippen LogP contribution in [0.4, 0.5) is 11.4 Å². The van der Waals surface area contributed by atoms with Crippen LogP contribution in [0, 0.1) is 0 Å². The van der Waals surface area contributed by atoms with Crippen LogP contribution in [-0.2, 0) is 11.2 Å². The maximum absolute atomic E-state index is 8.64. The van der Waals surface area contributed by atoms with Crippen LogP contribution in [0.25, 0.3) is 0 Å². The second-order valence-electron chi connectivity index (χ2n) is 4.31. The minimum atomic E-state index is 0.0868. The van der Waals surface area contributed by atoms with Crippen LogP contribution in [0.1, 0.15) is 12.0 Å². The highest BCUT2D eigenvalue weighted by Gasteiger charge is 2.16. The van der Waals surface area contributed by atoms with E-state index in [1.165, 1.54) is 17.7 Å². The van der Waals surface area contributed by atoms with Gasteiger partial charge in [0.05, 0.1) is 19.8 Å². The molecule has 1 aromatic carbocycles. The number of nitrogens with zero attached hydrogens (tertiary/aromatic N) is 1. The molecule has 1 aromatic rings. The first kappa shape index (κ1) is 12.2. The SMILES string of the molecule is Nc1ccc2c(c1)N(CCOCCO)CCC2. The van der Waals surface area contributed by atoms with E-state index < -0.39 is 0 Å². The molecule has 1 aliphatic heterocycles. The Hall–Kier alpha value is -1.26. The molecule has 0 bridgehead atoms. The molecule has 4 heteroatoms. The van der Waals surface area contributed by atoms with Gasteiger partial charge >= 0.3 is 0 Å². The third kappa shape index (κ3) is 3.11. The predicted octanol–water partition coefficient (Wildman–Crippen LogP) is 1.03. The van der Waals surface area contributed by atoms with Crippen LogP contribution in [0.2, 0.25) is 0 Å². The van der Waals surface area contributed by atoms with E-state index in [-0.39, 0.29) is 6.61 Å². The zero-order chi connectivity index (χ0) is 12.1. The van der Waals surface area contributed by atoms with E-state index in [1.807, 2.05) is 12.1 Å². The van der Waals surface area contributed by atoms with Crippen molar-refractivity contribution in [2.24, 2.45) is 0 Å². The highest BCUT2D eigenvalue weighted by atomic mass is 16.5. The lowest BCUT2D eigenvalue weighted by atomic mass is 10.0. The van der Waals surface area contributed by atoms with Gasteiger partial charge in [0, 0.05) is 24.5 Å². The average Bonchev–Trinajstić information content (AvgIpc) is 2.35. The van der Waals surface area contributed by atoms with Crippen LogP contribution >= 0.6 is 0 Å². The molecular formula is C13H20N2O2. The van der Waals surface area contributed by atoms with Gasteiger partial charge < -0.3 is 20.5 Å². The van der Waals surface area contributed by atoms with Gasteiger partial charge in [0.15, 0.2) is 0 Å². The topological polar surface area (TPSA) is 58.7 Å². The third-order valence-corrected chi connectivity index (χ3v) is 3.07. The van der Waals surface area contributed by atoms with Gasteiger partial charge in [-0.15, -0.1) is 0 Å². The first-order chi connectivity index (χ1) is 8.31. The molecule has 0 spiro atoms. The Balaban J connectivity index is 1.98. The number of aliphatic hydroxyl groups excluding tert-OH is 1. The minimum absolute atomic E-state index is 0.0868. The van der Waals surface area contributed by atoms with E-state index in [9.17, 15) is 0 Å². The number of aliphatic hydroxyl groups is 1. The molecule has 0 atom stereocenters. The molecule has 0 saturated carbocycles. The van der Waals surface area contributed by atoms with Crippen LogP contribution in [0.15, 0.2) is 18.2 Å². The summed E-state index contributed by atoms with van der Waals surface area (Å²) in [6.45, 7) is 3.06. The summed E-state index contributed by atoms with van der Waals surface area (Å²) in [4.78, 5) is 2.31. The summed E-state index contributed by atoms with van der Waals surface area (Å²) in [5.74, 6) is 0. The molecule has 3 N–H and O–H groups in total. The van der Waals surface area contributed by atoms with Crippen LogP contribution < -0.4 is 10.6 Å². The maximum atomic E-state index is 8.64. The number of hydrogen-bond donors (Lipinski definition) is 2. The van der Waals surface area contributed by atoms with Crippen molar-refractivity contribution in [2.45, 2.75) is 12.8 Å². The number of rotatable bonds is 5. The van der Waals surface area contributed by atoms with Crippen LogP contribution in [0.3, 0.4) is 0 Å². The first-order valence-corrected chi connectivity index (χ1v) is 6.13. The number of nitrogens with two attached hydrogens (primary N) is 1. The second kappa shape index (κ2) is 5.89. The molecule has 0 radical (unpaired) electrons. The molecule has 17 heavy (non-hydrogen) atoms. The van der Waals surface area contributed by atoms with Crippen LogP contribution in [0.5, 0.6) is 0 Å². The zero-order valence-corrected chi connectivity index (χ0v) is 10.1. The summed E-state index contributed by atoms with van der Waals surface area (Å²) in [7, 11) is 0. The molecule has 0 aliphatic carbocycles. The third-order valence-electron chi connectivity index (χ3n) is 3.07. The van der Waals surface area contributed by atoms with Gasteiger partial charge in [-0.25, -0.2) is 0 Å². The maximum Gasteiger partial charge on any atom is 0.0698 e. The van der Waals surface area contributed by atoms with Gasteiger partial charge in [-0.1, -0.05) is 6.07 Å². The smallest absolute Gasteiger partial charge is 0.0698 e. The number of nitrogen functional groups attached to an aromatic ring is 1. The van der Waals surface area contributed by atoms with Crippen molar-refractivity contribution in [2.75, 3.05) is 43.5 Å². The van der Waals surface area contributed by atoms with E-state index in [2.05, 4.69) is 11.0 Å². The molecule has 94 valence electrons. The molecule has 0 aromatic heterocycles. The molecule has 1 heterocycles. The summed E-state index contributed by atoms with van der Waals surface area (Å²) in [6.07, 6.45) is 2.31. The van der Waals surface area contributed by atoms with Crippen molar-refractivity contribution in [3.63, 3.8) is 0 Å². The van der Waals surface area contributed by atoms with Crippen molar-refractivity contribution in [1.82, 2.24) is 0 Å². The molecule has 0 unspecified atom stereocenters. The van der Waals surface area contributed by atoms with Gasteiger partial charge in [-0.2, -0.15) is 0 Å². The Morgan fingerprint density at radius 1 is 1.35 bits per heavy atom. The highest BCUT2D eigenvalue weighted by Crippen LogP contribution is 2.28. The van der Waals surface area contributed by atoms with E-state index in [0.717, 1.165) is 25.2 Å². The van der Waals surface area contributed by atoms with Crippen molar-refractivity contribution in [3.8, 4) is 0 Å². The second-order valence-corrected chi connectivity index (χ2v) is 4.31. The summed E-state index contributed by atoms with van der Waals surface area (Å²) < 4.78 is 5.31. The average molecular weight is 236 g/mol. The van der Waals surface area contributed by atoms with Gasteiger partial charge in [0.1, 0.15) is 0 Å². The number of fused-ring (bicyclic) bond motifs is 1. The number of hydrogen-bond acceptors (Lipinski definition) is 4. The molecular weight excluding hydrogens is 216 g/mol. The Morgan fingerprint density at radius 3 is 3.06 bits per heavy atom. The highest BCUT2D eigenvalue weighted by molar-refractivity contribution is 5.62. The van der Waals surface area contributed by atoms with Crippen molar-refractivity contribution >= 4 is 11.4 Å². The van der Waals surface area contributed by atoms with Gasteiger partial charge in [-0.3, -0.25) is 0 Å². The monoisotopic (exact) mass is 236 g/mol. The fourth-order valence-corrected chi connectivity index (χ4v) is 2.24. The molecule has 0 amide bonds. The Bertz CT molecular complexity index is 368.